The van der Waals surface area contributed by atoms with Crippen molar-refractivity contribution in [1.82, 2.24) is 14.9 Å². The predicted molar refractivity (Wildman–Crippen MR) is 84.9 cm³/mol. The maximum atomic E-state index is 7.52. The number of imidazole rings is 1. The van der Waals surface area contributed by atoms with Gasteiger partial charge in [0, 0.05) is 43.5 Å². The van der Waals surface area contributed by atoms with E-state index in [2.05, 4.69) is 10.3 Å². The van der Waals surface area contributed by atoms with E-state index in [0.29, 0.717) is 6.61 Å². The van der Waals surface area contributed by atoms with Crippen LogP contribution in [0.15, 0.2) is 43.0 Å². The zero-order valence-electron chi connectivity index (χ0n) is 12.3. The molecule has 0 fully saturated rings. The molecular weight excluding hydrogens is 264 g/mol. The first-order valence-corrected chi connectivity index (χ1v) is 6.79. The number of aryl methyl sites for hydroxylation is 1. The third-order valence-electron chi connectivity index (χ3n) is 3.07. The largest absolute Gasteiger partial charge is 0.388 e. The molecule has 1 aromatic carbocycles. The highest BCUT2D eigenvalue weighted by molar-refractivity contribution is 6.08. The predicted octanol–water partition coefficient (Wildman–Crippen LogP) is 2.41. The van der Waals surface area contributed by atoms with Gasteiger partial charge in [-0.2, -0.15) is 0 Å². The van der Waals surface area contributed by atoms with Gasteiger partial charge in [0.1, 0.15) is 0 Å². The fraction of sp³-hybridized carbons (Fsp3) is 0.250. The average molecular weight is 284 g/mol. The number of methoxy groups -OCH3 is 1. The van der Waals surface area contributed by atoms with E-state index >= 15 is 0 Å². The van der Waals surface area contributed by atoms with E-state index in [-0.39, 0.29) is 0 Å². The molecule has 1 aromatic heterocycles. The summed E-state index contributed by atoms with van der Waals surface area (Å²) in [4.78, 5) is 4.22. The minimum Gasteiger partial charge on any atom is -0.388 e. The summed E-state index contributed by atoms with van der Waals surface area (Å²) in [6.07, 6.45) is 6.96. The Bertz CT molecular complexity index is 613. The Balaban J connectivity index is 2.11. The smallest absolute Gasteiger partial charge is 0.0995 e. The van der Waals surface area contributed by atoms with Crippen LogP contribution in [0.5, 0.6) is 0 Å². The molecule has 0 unspecified atom stereocenters. The zero-order valence-corrected chi connectivity index (χ0v) is 12.3. The van der Waals surface area contributed by atoms with Crippen LogP contribution >= 0.6 is 0 Å². The summed E-state index contributed by atoms with van der Waals surface area (Å²) in [5.41, 5.74) is 3.87. The molecule has 2 rings (SSSR count). The Morgan fingerprint density at radius 1 is 1.38 bits per heavy atom. The molecule has 110 valence electrons. The van der Waals surface area contributed by atoms with Gasteiger partial charge < -0.3 is 20.0 Å². The molecule has 2 aromatic rings. The highest BCUT2D eigenvalue weighted by Crippen LogP contribution is 2.15. The molecule has 0 amide bonds. The van der Waals surface area contributed by atoms with Crippen LogP contribution in [0.1, 0.15) is 11.3 Å². The van der Waals surface area contributed by atoms with Crippen LogP contribution in [-0.2, 0) is 4.74 Å². The zero-order chi connectivity index (χ0) is 15.1. The summed E-state index contributed by atoms with van der Waals surface area (Å²) in [5, 5.41) is 10.7. The molecule has 5 nitrogen and oxygen atoms in total. The summed E-state index contributed by atoms with van der Waals surface area (Å²) < 4.78 is 6.95. The number of hydrogen-bond acceptors (Lipinski definition) is 4. The molecule has 0 atom stereocenters. The van der Waals surface area contributed by atoms with Crippen LogP contribution < -0.4 is 5.32 Å². The Hall–Kier alpha value is -2.40. The van der Waals surface area contributed by atoms with Crippen molar-refractivity contribution in [3.8, 4) is 5.69 Å². The van der Waals surface area contributed by atoms with Crippen molar-refractivity contribution in [2.75, 3.05) is 20.3 Å². The van der Waals surface area contributed by atoms with Crippen LogP contribution in [-0.4, -0.2) is 36.0 Å². The molecule has 0 saturated carbocycles. The Morgan fingerprint density at radius 2 is 2.14 bits per heavy atom. The highest BCUT2D eigenvalue weighted by atomic mass is 16.5. The fourth-order valence-corrected chi connectivity index (χ4v) is 1.94. The van der Waals surface area contributed by atoms with Crippen molar-refractivity contribution in [2.24, 2.45) is 0 Å². The normalized spacial score (nSPS) is 11.4. The van der Waals surface area contributed by atoms with Gasteiger partial charge in [-0.05, 0) is 24.6 Å². The lowest BCUT2D eigenvalue weighted by molar-refractivity contribution is 0.203. The van der Waals surface area contributed by atoms with Crippen LogP contribution in [0.2, 0.25) is 0 Å². The first-order chi connectivity index (χ1) is 10.2. The minimum atomic E-state index is 0.640. The minimum absolute atomic E-state index is 0.640. The highest BCUT2D eigenvalue weighted by Gasteiger charge is 2.01. The Labute approximate surface area is 124 Å². The van der Waals surface area contributed by atoms with E-state index in [4.69, 9.17) is 10.1 Å². The average Bonchev–Trinajstić information content (AvgIpc) is 2.94. The fourth-order valence-electron chi connectivity index (χ4n) is 1.94. The molecule has 0 aliphatic heterocycles. The van der Waals surface area contributed by atoms with Crippen molar-refractivity contribution >= 4 is 11.8 Å². The number of rotatable bonds is 7. The monoisotopic (exact) mass is 284 g/mol. The topological polar surface area (TPSA) is 62.9 Å². The third kappa shape index (κ3) is 4.03. The van der Waals surface area contributed by atoms with Crippen molar-refractivity contribution in [1.29, 1.82) is 5.41 Å². The maximum Gasteiger partial charge on any atom is 0.0995 e. The number of benzene rings is 1. The number of nitrogens with zero attached hydrogens (tertiary/aromatic N) is 2. The second-order valence-electron chi connectivity index (χ2n) is 4.66. The second kappa shape index (κ2) is 7.40. The molecule has 0 spiro atoms. The lowest BCUT2D eigenvalue weighted by Gasteiger charge is -2.06. The second-order valence-corrected chi connectivity index (χ2v) is 4.66. The number of aromatic nitrogens is 2. The Kier molecular flexibility index (Phi) is 5.29. The molecule has 1 heterocycles. The van der Waals surface area contributed by atoms with Crippen LogP contribution in [0.4, 0.5) is 0 Å². The van der Waals surface area contributed by atoms with Gasteiger partial charge in [0.2, 0.25) is 0 Å². The Morgan fingerprint density at radius 3 is 2.71 bits per heavy atom. The summed E-state index contributed by atoms with van der Waals surface area (Å²) in [5.74, 6) is 0. The molecule has 21 heavy (non-hydrogen) atoms. The summed E-state index contributed by atoms with van der Waals surface area (Å²) in [6.45, 7) is 3.33. The standard InChI is InChI=1S/C16H20N4O/c1-13-11-20(12-19-13)16-5-3-14(4-6-16)15(9-17)10-18-7-8-21-2/h3-6,9-12,17-18H,7-8H2,1-2H3/b15-10+,17-9?. The van der Waals surface area contributed by atoms with Crippen LogP contribution in [0, 0.1) is 12.3 Å². The van der Waals surface area contributed by atoms with Gasteiger partial charge >= 0.3 is 0 Å². The first kappa shape index (κ1) is 15.0. The van der Waals surface area contributed by atoms with E-state index in [0.717, 1.165) is 29.1 Å². The molecule has 5 heteroatoms. The first-order valence-electron chi connectivity index (χ1n) is 6.79. The van der Waals surface area contributed by atoms with E-state index in [1.165, 1.54) is 6.21 Å². The summed E-state index contributed by atoms with van der Waals surface area (Å²) >= 11 is 0. The van der Waals surface area contributed by atoms with Crippen LogP contribution in [0.25, 0.3) is 11.3 Å². The molecule has 0 saturated heterocycles. The summed E-state index contributed by atoms with van der Waals surface area (Å²) in [6, 6.07) is 8.03. The third-order valence-corrected chi connectivity index (χ3v) is 3.07. The van der Waals surface area contributed by atoms with Gasteiger partial charge in [0.05, 0.1) is 18.6 Å². The quantitative estimate of drug-likeness (QED) is 0.606. The maximum absolute atomic E-state index is 7.52. The molecule has 0 radical (unpaired) electrons. The molecular formula is C16H20N4O. The van der Waals surface area contributed by atoms with E-state index in [1.54, 1.807) is 13.4 Å². The molecule has 0 aliphatic rings. The van der Waals surface area contributed by atoms with E-state index < -0.39 is 0 Å². The van der Waals surface area contributed by atoms with Gasteiger partial charge in [-0.1, -0.05) is 12.1 Å². The van der Waals surface area contributed by atoms with Crippen molar-refractivity contribution in [2.45, 2.75) is 6.92 Å². The van der Waals surface area contributed by atoms with Gasteiger partial charge in [0.15, 0.2) is 0 Å². The van der Waals surface area contributed by atoms with Gasteiger partial charge in [-0.3, -0.25) is 0 Å². The van der Waals surface area contributed by atoms with Gasteiger partial charge in [-0.25, -0.2) is 4.98 Å². The molecule has 2 N–H and O–H groups in total. The SMILES string of the molecule is COCCN/C=C(\C=N)c1ccc(-n2cnc(C)c2)cc1. The van der Waals surface area contributed by atoms with Crippen molar-refractivity contribution in [3.05, 3.63) is 54.2 Å². The molecule has 0 bridgehead atoms. The summed E-state index contributed by atoms with van der Waals surface area (Å²) in [7, 11) is 1.67. The lowest BCUT2D eigenvalue weighted by Crippen LogP contribution is -2.13. The van der Waals surface area contributed by atoms with E-state index in [9.17, 15) is 0 Å². The number of ether oxygens (including phenoxy) is 1. The van der Waals surface area contributed by atoms with Gasteiger partial charge in [-0.15, -0.1) is 0 Å². The number of nitrogens with one attached hydrogen (secondary N) is 2. The van der Waals surface area contributed by atoms with Crippen molar-refractivity contribution in [3.63, 3.8) is 0 Å². The van der Waals surface area contributed by atoms with Crippen LogP contribution in [0.3, 0.4) is 0 Å². The number of hydrogen-bond donors (Lipinski definition) is 2. The molecule has 0 aliphatic carbocycles. The lowest BCUT2D eigenvalue weighted by atomic mass is 10.1. The number of allylic oxidation sites excluding steroid dienone is 1. The van der Waals surface area contributed by atoms with Crippen molar-refractivity contribution < 1.29 is 4.74 Å². The van der Waals surface area contributed by atoms with Gasteiger partial charge in [0.25, 0.3) is 0 Å². The van der Waals surface area contributed by atoms with E-state index in [1.807, 2.05) is 48.2 Å².